The van der Waals surface area contributed by atoms with Crippen LogP contribution in [0.4, 0.5) is 0 Å². The maximum Gasteiger partial charge on any atom is 0.244 e. The van der Waals surface area contributed by atoms with E-state index in [2.05, 4.69) is 35.6 Å². The van der Waals surface area contributed by atoms with Crippen LogP contribution in [0.15, 0.2) is 78.9 Å². The summed E-state index contributed by atoms with van der Waals surface area (Å²) in [7, 11) is 0. The Hall–Kier alpha value is -2.87. The molecule has 0 aliphatic rings. The highest BCUT2D eigenvalue weighted by Gasteiger charge is 2.08. The van der Waals surface area contributed by atoms with E-state index in [-0.39, 0.29) is 11.9 Å². The monoisotopic (exact) mass is 301 g/mol. The van der Waals surface area contributed by atoms with E-state index in [1.165, 1.54) is 10.8 Å². The van der Waals surface area contributed by atoms with Crippen molar-refractivity contribution in [1.82, 2.24) is 5.32 Å². The van der Waals surface area contributed by atoms with E-state index < -0.39 is 0 Å². The summed E-state index contributed by atoms with van der Waals surface area (Å²) in [6.45, 7) is 2.00. The molecule has 1 atom stereocenters. The first-order chi connectivity index (χ1) is 11.2. The Labute approximate surface area is 136 Å². The minimum atomic E-state index is -0.0884. The number of carbonyl (C=O) groups is 1. The molecule has 0 saturated heterocycles. The third-order valence-electron chi connectivity index (χ3n) is 3.86. The maximum atomic E-state index is 12.1. The zero-order valence-electron chi connectivity index (χ0n) is 13.1. The van der Waals surface area contributed by atoms with Crippen LogP contribution in [0.3, 0.4) is 0 Å². The van der Waals surface area contributed by atoms with Crippen LogP contribution < -0.4 is 5.32 Å². The first kappa shape index (κ1) is 15.0. The van der Waals surface area contributed by atoms with Gasteiger partial charge in [-0.05, 0) is 41.0 Å². The van der Waals surface area contributed by atoms with Gasteiger partial charge >= 0.3 is 0 Å². The summed E-state index contributed by atoms with van der Waals surface area (Å²) in [4.78, 5) is 12.1. The fraction of sp³-hybridized carbons (Fsp3) is 0.0952. The third kappa shape index (κ3) is 3.86. The molecule has 0 saturated carbocycles. The molecule has 2 nitrogen and oxygen atoms in total. The van der Waals surface area contributed by atoms with Crippen molar-refractivity contribution in [1.29, 1.82) is 0 Å². The predicted molar refractivity (Wildman–Crippen MR) is 96.0 cm³/mol. The van der Waals surface area contributed by atoms with Crippen molar-refractivity contribution in [2.45, 2.75) is 13.0 Å². The Bertz CT molecular complexity index is 837. The lowest BCUT2D eigenvalue weighted by molar-refractivity contribution is -0.117. The number of carbonyl (C=O) groups excluding carboxylic acids is 1. The molecule has 0 aliphatic carbocycles. The van der Waals surface area contributed by atoms with Crippen molar-refractivity contribution in [3.63, 3.8) is 0 Å². The normalized spacial score (nSPS) is 12.4. The van der Waals surface area contributed by atoms with Gasteiger partial charge in [-0.25, -0.2) is 0 Å². The van der Waals surface area contributed by atoms with Gasteiger partial charge in [-0.3, -0.25) is 4.79 Å². The second kappa shape index (κ2) is 6.93. The van der Waals surface area contributed by atoms with Gasteiger partial charge in [0.1, 0.15) is 0 Å². The molecular weight excluding hydrogens is 282 g/mol. The Balaban J connectivity index is 1.68. The molecule has 0 aromatic heterocycles. The lowest BCUT2D eigenvalue weighted by Crippen LogP contribution is -2.24. The van der Waals surface area contributed by atoms with Crippen LogP contribution in [-0.4, -0.2) is 5.91 Å². The molecule has 3 rings (SSSR count). The molecule has 0 unspecified atom stereocenters. The molecule has 3 aromatic carbocycles. The van der Waals surface area contributed by atoms with Crippen molar-refractivity contribution >= 4 is 22.8 Å². The number of nitrogens with one attached hydrogen (secondary N) is 1. The zero-order chi connectivity index (χ0) is 16.1. The van der Waals surface area contributed by atoms with Crippen LogP contribution in [0.1, 0.15) is 24.1 Å². The number of hydrogen-bond donors (Lipinski definition) is 1. The number of amides is 1. The summed E-state index contributed by atoms with van der Waals surface area (Å²) >= 11 is 0. The molecule has 1 N–H and O–H groups in total. The van der Waals surface area contributed by atoms with Crippen LogP contribution in [-0.2, 0) is 4.79 Å². The van der Waals surface area contributed by atoms with E-state index in [9.17, 15) is 4.79 Å². The zero-order valence-corrected chi connectivity index (χ0v) is 13.1. The number of fused-ring (bicyclic) bond motifs is 1. The molecule has 2 heteroatoms. The number of rotatable bonds is 4. The van der Waals surface area contributed by atoms with Gasteiger partial charge in [0.25, 0.3) is 0 Å². The highest BCUT2D eigenvalue weighted by molar-refractivity contribution is 5.92. The third-order valence-corrected chi connectivity index (χ3v) is 3.86. The molecule has 0 bridgehead atoms. The first-order valence-corrected chi connectivity index (χ1v) is 7.75. The standard InChI is InChI=1S/C21H19NO/c1-16(19-13-12-18-9-5-6-10-20(18)15-19)22-21(23)14-11-17-7-3-2-4-8-17/h2-16H,1H3,(H,22,23)/b14-11-/t16-/m0/s1. The average Bonchev–Trinajstić information content (AvgIpc) is 2.60. The van der Waals surface area contributed by atoms with E-state index in [0.717, 1.165) is 11.1 Å². The highest BCUT2D eigenvalue weighted by atomic mass is 16.1. The molecule has 3 aromatic rings. The number of benzene rings is 3. The lowest BCUT2D eigenvalue weighted by atomic mass is 10.0. The van der Waals surface area contributed by atoms with E-state index in [0.29, 0.717) is 0 Å². The van der Waals surface area contributed by atoms with Crippen molar-refractivity contribution in [3.8, 4) is 0 Å². The summed E-state index contributed by atoms with van der Waals surface area (Å²) in [5, 5.41) is 5.40. The fourth-order valence-electron chi connectivity index (χ4n) is 2.56. The summed E-state index contributed by atoms with van der Waals surface area (Å²) in [5.41, 5.74) is 2.12. The largest absolute Gasteiger partial charge is 0.346 e. The first-order valence-electron chi connectivity index (χ1n) is 7.75. The fourth-order valence-corrected chi connectivity index (χ4v) is 2.56. The lowest BCUT2D eigenvalue weighted by Gasteiger charge is -2.13. The molecule has 0 heterocycles. The molecule has 0 spiro atoms. The van der Waals surface area contributed by atoms with Crippen LogP contribution in [0.2, 0.25) is 0 Å². The van der Waals surface area contributed by atoms with E-state index in [1.54, 1.807) is 6.08 Å². The molecule has 0 fully saturated rings. The van der Waals surface area contributed by atoms with E-state index in [4.69, 9.17) is 0 Å². The molecule has 114 valence electrons. The van der Waals surface area contributed by atoms with Crippen molar-refractivity contribution in [2.24, 2.45) is 0 Å². The van der Waals surface area contributed by atoms with Gasteiger partial charge in [0, 0.05) is 6.08 Å². The Morgan fingerprint density at radius 1 is 0.913 bits per heavy atom. The molecular formula is C21H19NO. The van der Waals surface area contributed by atoms with E-state index >= 15 is 0 Å². The van der Waals surface area contributed by atoms with Crippen LogP contribution in [0.25, 0.3) is 16.8 Å². The molecule has 1 amide bonds. The van der Waals surface area contributed by atoms with E-state index in [1.807, 2.05) is 55.5 Å². The van der Waals surface area contributed by atoms with Crippen LogP contribution >= 0.6 is 0 Å². The molecule has 0 aliphatic heterocycles. The minimum Gasteiger partial charge on any atom is -0.346 e. The van der Waals surface area contributed by atoms with Crippen LogP contribution in [0.5, 0.6) is 0 Å². The van der Waals surface area contributed by atoms with Gasteiger partial charge in [-0.15, -0.1) is 0 Å². The SMILES string of the molecule is C[C@H](NC(=O)/C=C\c1ccccc1)c1ccc2ccccc2c1. The summed E-state index contributed by atoms with van der Waals surface area (Å²) in [5.74, 6) is -0.0884. The van der Waals surface area contributed by atoms with Gasteiger partial charge in [0.2, 0.25) is 5.91 Å². The van der Waals surface area contributed by atoms with Gasteiger partial charge in [-0.2, -0.15) is 0 Å². The Morgan fingerprint density at radius 3 is 2.39 bits per heavy atom. The highest BCUT2D eigenvalue weighted by Crippen LogP contribution is 2.20. The quantitative estimate of drug-likeness (QED) is 0.693. The second-order valence-corrected chi connectivity index (χ2v) is 5.58. The topological polar surface area (TPSA) is 29.1 Å². The van der Waals surface area contributed by atoms with Crippen molar-refractivity contribution < 1.29 is 4.79 Å². The maximum absolute atomic E-state index is 12.1. The van der Waals surface area contributed by atoms with Gasteiger partial charge < -0.3 is 5.32 Å². The smallest absolute Gasteiger partial charge is 0.244 e. The summed E-state index contributed by atoms with van der Waals surface area (Å²) < 4.78 is 0. The minimum absolute atomic E-state index is 0.0347. The summed E-state index contributed by atoms with van der Waals surface area (Å²) in [6.07, 6.45) is 3.40. The number of hydrogen-bond acceptors (Lipinski definition) is 1. The molecule has 0 radical (unpaired) electrons. The van der Waals surface area contributed by atoms with Gasteiger partial charge in [-0.1, -0.05) is 66.7 Å². The Morgan fingerprint density at radius 2 is 1.61 bits per heavy atom. The second-order valence-electron chi connectivity index (χ2n) is 5.58. The molecule has 23 heavy (non-hydrogen) atoms. The van der Waals surface area contributed by atoms with Crippen LogP contribution in [0, 0.1) is 0 Å². The van der Waals surface area contributed by atoms with Gasteiger partial charge in [0.05, 0.1) is 6.04 Å². The van der Waals surface area contributed by atoms with Crippen molar-refractivity contribution in [3.05, 3.63) is 90.0 Å². The predicted octanol–water partition coefficient (Wildman–Crippen LogP) is 4.73. The van der Waals surface area contributed by atoms with Crippen molar-refractivity contribution in [2.75, 3.05) is 0 Å². The average molecular weight is 301 g/mol. The van der Waals surface area contributed by atoms with Gasteiger partial charge in [0.15, 0.2) is 0 Å². The summed E-state index contributed by atoms with van der Waals surface area (Å²) in [6, 6.07) is 24.3. The Kier molecular flexibility index (Phi) is 4.53.